The molecule has 0 unspecified atom stereocenters. The van der Waals surface area contributed by atoms with E-state index in [2.05, 4.69) is 0 Å². The van der Waals surface area contributed by atoms with Crippen molar-refractivity contribution in [2.45, 2.75) is 33.1 Å². The van der Waals surface area contributed by atoms with Crippen LogP contribution in [0.5, 0.6) is 5.75 Å². The molecule has 0 spiro atoms. The highest BCUT2D eigenvalue weighted by Crippen LogP contribution is 2.20. The van der Waals surface area contributed by atoms with Crippen molar-refractivity contribution in [2.24, 2.45) is 0 Å². The van der Waals surface area contributed by atoms with Crippen LogP contribution in [0.2, 0.25) is 0 Å². The maximum atomic E-state index is 11.2. The molecule has 1 aromatic rings. The molecule has 0 atom stereocenters. The summed E-state index contributed by atoms with van der Waals surface area (Å²) in [6.07, 6.45) is 2.10. The summed E-state index contributed by atoms with van der Waals surface area (Å²) < 4.78 is 10.4. The van der Waals surface area contributed by atoms with E-state index in [4.69, 9.17) is 9.47 Å². The van der Waals surface area contributed by atoms with E-state index in [9.17, 15) is 4.79 Å². The number of carbonyl (C=O) groups excluding carboxylic acids is 1. The lowest BCUT2D eigenvalue weighted by Gasteiger charge is -2.09. The molecule has 0 aromatic heterocycles. The molecule has 3 heteroatoms. The van der Waals surface area contributed by atoms with E-state index >= 15 is 0 Å². The van der Waals surface area contributed by atoms with Crippen molar-refractivity contribution in [1.82, 2.24) is 0 Å². The van der Waals surface area contributed by atoms with Crippen LogP contribution in [0.15, 0.2) is 24.3 Å². The molecule has 94 valence electrons. The third-order valence-electron chi connectivity index (χ3n) is 2.40. The molecule has 0 radical (unpaired) electrons. The number of esters is 1. The Hall–Kier alpha value is -1.51. The fourth-order valence-electron chi connectivity index (χ4n) is 1.66. The normalized spacial score (nSPS) is 10.0. The van der Waals surface area contributed by atoms with Crippen molar-refractivity contribution in [3.63, 3.8) is 0 Å². The van der Waals surface area contributed by atoms with Crippen LogP contribution in [-0.2, 0) is 16.0 Å². The van der Waals surface area contributed by atoms with Gasteiger partial charge in [-0.25, -0.2) is 0 Å². The van der Waals surface area contributed by atoms with Gasteiger partial charge in [-0.3, -0.25) is 4.79 Å². The van der Waals surface area contributed by atoms with Crippen LogP contribution in [0, 0.1) is 0 Å². The van der Waals surface area contributed by atoms with Gasteiger partial charge in [0.1, 0.15) is 5.75 Å². The smallest absolute Gasteiger partial charge is 0.305 e. The zero-order valence-corrected chi connectivity index (χ0v) is 10.6. The number of hydrogen-bond acceptors (Lipinski definition) is 3. The standard InChI is InChI=1S/C14H20O3/c1-3-16-13-10-6-5-8-12(13)9-7-11-14(15)17-4-2/h5-6,8,10H,3-4,7,9,11H2,1-2H3. The summed E-state index contributed by atoms with van der Waals surface area (Å²) in [7, 11) is 0. The number of carbonyl (C=O) groups is 1. The average Bonchev–Trinajstić information content (AvgIpc) is 2.32. The van der Waals surface area contributed by atoms with E-state index in [-0.39, 0.29) is 5.97 Å². The van der Waals surface area contributed by atoms with Gasteiger partial charge in [0.15, 0.2) is 0 Å². The van der Waals surface area contributed by atoms with Gasteiger partial charge in [-0.05, 0) is 38.3 Å². The summed E-state index contributed by atoms with van der Waals surface area (Å²) in [4.78, 5) is 11.2. The van der Waals surface area contributed by atoms with Crippen LogP contribution in [0.3, 0.4) is 0 Å². The third kappa shape index (κ3) is 4.89. The average molecular weight is 236 g/mol. The highest BCUT2D eigenvalue weighted by Gasteiger charge is 2.05. The molecule has 0 heterocycles. The third-order valence-corrected chi connectivity index (χ3v) is 2.40. The molecule has 0 fully saturated rings. The van der Waals surface area contributed by atoms with Gasteiger partial charge in [0, 0.05) is 6.42 Å². The molecule has 0 aliphatic heterocycles. The Labute approximate surface area is 103 Å². The maximum absolute atomic E-state index is 11.2. The van der Waals surface area contributed by atoms with Gasteiger partial charge >= 0.3 is 5.97 Å². The van der Waals surface area contributed by atoms with E-state index in [0.29, 0.717) is 19.6 Å². The second kappa shape index (κ2) is 7.71. The fourth-order valence-corrected chi connectivity index (χ4v) is 1.66. The molecule has 0 saturated carbocycles. The maximum Gasteiger partial charge on any atom is 0.305 e. The largest absolute Gasteiger partial charge is 0.494 e. The van der Waals surface area contributed by atoms with Gasteiger partial charge in [0.25, 0.3) is 0 Å². The first kappa shape index (κ1) is 13.6. The quantitative estimate of drug-likeness (QED) is 0.683. The van der Waals surface area contributed by atoms with E-state index in [1.54, 1.807) is 0 Å². The van der Waals surface area contributed by atoms with Crippen LogP contribution in [0.25, 0.3) is 0 Å². The Balaban J connectivity index is 2.43. The second-order valence-electron chi connectivity index (χ2n) is 3.70. The zero-order valence-electron chi connectivity index (χ0n) is 10.6. The topological polar surface area (TPSA) is 35.5 Å². The van der Waals surface area contributed by atoms with E-state index in [1.807, 2.05) is 38.1 Å². The molecule has 0 aliphatic carbocycles. The Kier molecular flexibility index (Phi) is 6.15. The van der Waals surface area contributed by atoms with E-state index in [1.165, 1.54) is 0 Å². The fraction of sp³-hybridized carbons (Fsp3) is 0.500. The first-order valence-electron chi connectivity index (χ1n) is 6.14. The first-order chi connectivity index (χ1) is 8.27. The van der Waals surface area contributed by atoms with Gasteiger partial charge in [-0.2, -0.15) is 0 Å². The molecule has 1 rings (SSSR count). The molecule has 1 aromatic carbocycles. The predicted octanol–water partition coefficient (Wildman–Crippen LogP) is 2.97. The minimum Gasteiger partial charge on any atom is -0.494 e. The summed E-state index contributed by atoms with van der Waals surface area (Å²) in [5.41, 5.74) is 1.15. The summed E-state index contributed by atoms with van der Waals surface area (Å²) in [5.74, 6) is 0.792. The van der Waals surface area contributed by atoms with Crippen LogP contribution in [0.1, 0.15) is 32.3 Å². The van der Waals surface area contributed by atoms with Crippen LogP contribution in [0.4, 0.5) is 0 Å². The molecular weight excluding hydrogens is 216 g/mol. The second-order valence-corrected chi connectivity index (χ2v) is 3.70. The van der Waals surface area contributed by atoms with Crippen LogP contribution < -0.4 is 4.74 Å². The van der Waals surface area contributed by atoms with Crippen molar-refractivity contribution in [2.75, 3.05) is 13.2 Å². The van der Waals surface area contributed by atoms with Crippen molar-refractivity contribution < 1.29 is 14.3 Å². The monoisotopic (exact) mass is 236 g/mol. The van der Waals surface area contributed by atoms with Crippen LogP contribution in [-0.4, -0.2) is 19.2 Å². The number of para-hydroxylation sites is 1. The molecular formula is C14H20O3. The number of hydrogen-bond donors (Lipinski definition) is 0. The molecule has 0 aliphatic rings. The van der Waals surface area contributed by atoms with Gasteiger partial charge in [0.05, 0.1) is 13.2 Å². The first-order valence-corrected chi connectivity index (χ1v) is 6.14. The number of aryl methyl sites for hydroxylation is 1. The summed E-state index contributed by atoms with van der Waals surface area (Å²) in [6, 6.07) is 7.95. The number of ether oxygens (including phenoxy) is 2. The summed E-state index contributed by atoms with van der Waals surface area (Å²) in [5, 5.41) is 0. The van der Waals surface area contributed by atoms with Crippen molar-refractivity contribution in [3.8, 4) is 5.75 Å². The molecule has 3 nitrogen and oxygen atoms in total. The lowest BCUT2D eigenvalue weighted by Crippen LogP contribution is -2.04. The van der Waals surface area contributed by atoms with Crippen molar-refractivity contribution >= 4 is 5.97 Å². The Morgan fingerprint density at radius 2 is 1.94 bits per heavy atom. The molecule has 0 amide bonds. The van der Waals surface area contributed by atoms with Gasteiger partial charge < -0.3 is 9.47 Å². The van der Waals surface area contributed by atoms with Crippen molar-refractivity contribution in [3.05, 3.63) is 29.8 Å². The summed E-state index contributed by atoms with van der Waals surface area (Å²) >= 11 is 0. The highest BCUT2D eigenvalue weighted by atomic mass is 16.5. The van der Waals surface area contributed by atoms with Gasteiger partial charge in [-0.1, -0.05) is 18.2 Å². The number of rotatable bonds is 7. The molecule has 0 bridgehead atoms. The zero-order chi connectivity index (χ0) is 12.5. The molecule has 0 saturated heterocycles. The minimum absolute atomic E-state index is 0.124. The minimum atomic E-state index is -0.124. The molecule has 17 heavy (non-hydrogen) atoms. The lowest BCUT2D eigenvalue weighted by atomic mass is 10.1. The van der Waals surface area contributed by atoms with Gasteiger partial charge in [0.2, 0.25) is 0 Å². The molecule has 0 N–H and O–H groups in total. The van der Waals surface area contributed by atoms with E-state index < -0.39 is 0 Å². The summed E-state index contributed by atoms with van der Waals surface area (Å²) in [6.45, 7) is 4.90. The van der Waals surface area contributed by atoms with Crippen LogP contribution >= 0.6 is 0 Å². The SMILES string of the molecule is CCOC(=O)CCCc1ccccc1OCC. The van der Waals surface area contributed by atoms with E-state index in [0.717, 1.165) is 24.2 Å². The van der Waals surface area contributed by atoms with Gasteiger partial charge in [-0.15, -0.1) is 0 Å². The Morgan fingerprint density at radius 1 is 1.18 bits per heavy atom. The van der Waals surface area contributed by atoms with Crippen molar-refractivity contribution in [1.29, 1.82) is 0 Å². The lowest BCUT2D eigenvalue weighted by molar-refractivity contribution is -0.143. The highest BCUT2D eigenvalue weighted by molar-refractivity contribution is 5.69. The Morgan fingerprint density at radius 3 is 2.65 bits per heavy atom. The Bertz CT molecular complexity index is 347. The predicted molar refractivity (Wildman–Crippen MR) is 67.2 cm³/mol. The number of benzene rings is 1.